The van der Waals surface area contributed by atoms with Crippen molar-refractivity contribution >= 4 is 17.4 Å². The van der Waals surface area contributed by atoms with Crippen molar-refractivity contribution in [1.29, 1.82) is 0 Å². The molecular weight excluding hydrogens is 260 g/mol. The molecule has 3 rings (SSSR count). The zero-order chi connectivity index (χ0) is 13.1. The topological polar surface area (TPSA) is 57.4 Å². The van der Waals surface area contributed by atoms with Crippen LogP contribution in [0.2, 0.25) is 0 Å². The van der Waals surface area contributed by atoms with Gasteiger partial charge in [-0.05, 0) is 43.7 Å². The average molecular weight is 280 g/mol. The van der Waals surface area contributed by atoms with Crippen molar-refractivity contribution in [3.8, 4) is 5.88 Å². The molecule has 1 aliphatic carbocycles. The molecule has 1 saturated heterocycles. The Bertz CT molecular complexity index is 431. The van der Waals surface area contributed by atoms with E-state index in [4.69, 9.17) is 15.2 Å². The number of nitrogens with zero attached hydrogens (tertiary/aromatic N) is 1. The highest BCUT2D eigenvalue weighted by molar-refractivity contribution is 7.99. The molecule has 0 atom stereocenters. The van der Waals surface area contributed by atoms with Crippen LogP contribution in [0, 0.1) is 5.92 Å². The quantitative estimate of drug-likeness (QED) is 0.898. The normalized spacial score (nSPS) is 20.4. The summed E-state index contributed by atoms with van der Waals surface area (Å²) in [5.41, 5.74) is 6.55. The number of nitrogen functional groups attached to an aromatic ring is 1. The molecule has 5 heteroatoms. The maximum atomic E-state index is 5.91. The van der Waals surface area contributed by atoms with Crippen molar-refractivity contribution in [2.24, 2.45) is 5.92 Å². The molecule has 2 aliphatic rings. The predicted molar refractivity (Wildman–Crippen MR) is 76.6 cm³/mol. The lowest BCUT2D eigenvalue weighted by Gasteiger charge is -2.21. The number of thioether (sulfide) groups is 1. The summed E-state index contributed by atoms with van der Waals surface area (Å²) < 4.78 is 11.1. The number of hydrogen-bond acceptors (Lipinski definition) is 5. The van der Waals surface area contributed by atoms with Crippen LogP contribution in [0.4, 0.5) is 5.69 Å². The lowest BCUT2D eigenvalue weighted by molar-refractivity contribution is 0.1000. The van der Waals surface area contributed by atoms with Gasteiger partial charge in [0.1, 0.15) is 5.03 Å². The third-order valence-electron chi connectivity index (χ3n) is 3.47. The zero-order valence-electron chi connectivity index (χ0n) is 11.0. The Kier molecular flexibility index (Phi) is 4.13. The van der Waals surface area contributed by atoms with Crippen LogP contribution in [-0.2, 0) is 4.74 Å². The van der Waals surface area contributed by atoms with Gasteiger partial charge in [-0.1, -0.05) is 0 Å². The third-order valence-corrected chi connectivity index (χ3v) is 4.75. The molecule has 0 amide bonds. The molecule has 104 valence electrons. The summed E-state index contributed by atoms with van der Waals surface area (Å²) in [5.74, 6) is 1.32. The molecule has 2 fully saturated rings. The second kappa shape index (κ2) is 6.01. The van der Waals surface area contributed by atoms with Gasteiger partial charge < -0.3 is 15.2 Å². The molecule has 1 aromatic heterocycles. The average Bonchev–Trinajstić information content (AvgIpc) is 3.25. The van der Waals surface area contributed by atoms with E-state index in [9.17, 15) is 0 Å². The van der Waals surface area contributed by atoms with Gasteiger partial charge in [-0.15, -0.1) is 11.8 Å². The van der Waals surface area contributed by atoms with Crippen molar-refractivity contribution in [1.82, 2.24) is 4.98 Å². The van der Waals surface area contributed by atoms with Crippen LogP contribution in [0.15, 0.2) is 17.2 Å². The first-order valence-electron chi connectivity index (χ1n) is 6.95. The van der Waals surface area contributed by atoms with Gasteiger partial charge in [0, 0.05) is 18.5 Å². The summed E-state index contributed by atoms with van der Waals surface area (Å²) in [4.78, 5) is 4.54. The minimum atomic E-state index is 0.598. The summed E-state index contributed by atoms with van der Waals surface area (Å²) in [6.07, 6.45) is 4.73. The standard InChI is InChI=1S/C14H20N2O2S/c15-12-3-4-13(19-11-5-7-17-8-6-11)16-14(12)18-9-10-1-2-10/h3-4,10-11H,1-2,5-9,15H2. The molecule has 1 aliphatic heterocycles. The highest BCUT2D eigenvalue weighted by Crippen LogP contribution is 2.33. The van der Waals surface area contributed by atoms with E-state index < -0.39 is 0 Å². The minimum Gasteiger partial charge on any atom is -0.476 e. The molecule has 0 aromatic carbocycles. The summed E-state index contributed by atoms with van der Waals surface area (Å²) in [6, 6.07) is 3.89. The monoisotopic (exact) mass is 280 g/mol. The van der Waals surface area contributed by atoms with Gasteiger partial charge in [-0.3, -0.25) is 0 Å². The van der Waals surface area contributed by atoms with Crippen LogP contribution in [0.5, 0.6) is 5.88 Å². The number of nitrogens with two attached hydrogens (primary N) is 1. The van der Waals surface area contributed by atoms with E-state index >= 15 is 0 Å². The predicted octanol–water partition coefficient (Wildman–Crippen LogP) is 2.72. The third kappa shape index (κ3) is 3.76. The first kappa shape index (κ1) is 13.1. The van der Waals surface area contributed by atoms with Crippen molar-refractivity contribution in [3.63, 3.8) is 0 Å². The van der Waals surface area contributed by atoms with Gasteiger partial charge in [-0.25, -0.2) is 4.98 Å². The molecule has 0 radical (unpaired) electrons. The number of anilines is 1. The lowest BCUT2D eigenvalue weighted by atomic mass is 10.2. The summed E-state index contributed by atoms with van der Waals surface area (Å²) >= 11 is 1.81. The van der Waals surface area contributed by atoms with Gasteiger partial charge >= 0.3 is 0 Å². The van der Waals surface area contributed by atoms with Crippen LogP contribution in [0.1, 0.15) is 25.7 Å². The zero-order valence-corrected chi connectivity index (χ0v) is 11.8. The van der Waals surface area contributed by atoms with E-state index in [1.54, 1.807) is 0 Å². The number of ether oxygens (including phenoxy) is 2. The SMILES string of the molecule is Nc1ccc(SC2CCOCC2)nc1OCC1CC1. The molecule has 0 spiro atoms. The molecular formula is C14H20N2O2S. The first-order valence-corrected chi connectivity index (χ1v) is 7.83. The number of aromatic nitrogens is 1. The van der Waals surface area contributed by atoms with Gasteiger partial charge in [-0.2, -0.15) is 0 Å². The Morgan fingerprint density at radius 3 is 2.79 bits per heavy atom. The Morgan fingerprint density at radius 2 is 2.05 bits per heavy atom. The van der Waals surface area contributed by atoms with Gasteiger partial charge in [0.05, 0.1) is 12.3 Å². The molecule has 0 bridgehead atoms. The van der Waals surface area contributed by atoms with Crippen molar-refractivity contribution in [2.75, 3.05) is 25.6 Å². The highest BCUT2D eigenvalue weighted by atomic mass is 32.2. The number of rotatable bonds is 5. The molecule has 4 nitrogen and oxygen atoms in total. The smallest absolute Gasteiger partial charge is 0.238 e. The van der Waals surface area contributed by atoms with Gasteiger partial charge in [0.15, 0.2) is 0 Å². The van der Waals surface area contributed by atoms with Crippen LogP contribution in [-0.4, -0.2) is 30.1 Å². The Hall–Kier alpha value is -0.940. The molecule has 0 unspecified atom stereocenters. The van der Waals surface area contributed by atoms with Crippen molar-refractivity contribution < 1.29 is 9.47 Å². The maximum Gasteiger partial charge on any atom is 0.238 e. The second-order valence-corrected chi connectivity index (χ2v) is 6.55. The highest BCUT2D eigenvalue weighted by Gasteiger charge is 2.23. The molecule has 2 N–H and O–H groups in total. The van der Waals surface area contributed by atoms with Crippen LogP contribution < -0.4 is 10.5 Å². The van der Waals surface area contributed by atoms with E-state index in [1.807, 2.05) is 23.9 Å². The first-order chi connectivity index (χ1) is 9.31. The van der Waals surface area contributed by atoms with Gasteiger partial charge in [0.2, 0.25) is 5.88 Å². The lowest BCUT2D eigenvalue weighted by Crippen LogP contribution is -2.17. The Labute approximate surface area is 118 Å². The molecule has 1 aromatic rings. The van der Waals surface area contributed by atoms with E-state index in [0.717, 1.165) is 37.7 Å². The van der Waals surface area contributed by atoms with E-state index in [1.165, 1.54) is 12.8 Å². The Morgan fingerprint density at radius 1 is 1.26 bits per heavy atom. The second-order valence-electron chi connectivity index (χ2n) is 5.23. The Balaban J connectivity index is 1.61. The fourth-order valence-electron chi connectivity index (χ4n) is 2.06. The maximum absolute atomic E-state index is 5.91. The number of pyridine rings is 1. The molecule has 2 heterocycles. The van der Waals surface area contributed by atoms with E-state index in [2.05, 4.69) is 4.98 Å². The molecule has 1 saturated carbocycles. The molecule has 19 heavy (non-hydrogen) atoms. The fourth-order valence-corrected chi connectivity index (χ4v) is 3.11. The van der Waals surface area contributed by atoms with Crippen LogP contribution in [0.25, 0.3) is 0 Å². The minimum absolute atomic E-state index is 0.598. The van der Waals surface area contributed by atoms with Gasteiger partial charge in [0.25, 0.3) is 0 Å². The van der Waals surface area contributed by atoms with E-state index in [-0.39, 0.29) is 0 Å². The number of hydrogen-bond donors (Lipinski definition) is 1. The van der Waals surface area contributed by atoms with Crippen molar-refractivity contribution in [3.05, 3.63) is 12.1 Å². The summed E-state index contributed by atoms with van der Waals surface area (Å²) in [6.45, 7) is 2.47. The van der Waals surface area contributed by atoms with E-state index in [0.29, 0.717) is 22.7 Å². The summed E-state index contributed by atoms with van der Waals surface area (Å²) in [7, 11) is 0. The summed E-state index contributed by atoms with van der Waals surface area (Å²) in [5, 5.41) is 1.60. The van der Waals surface area contributed by atoms with Crippen molar-refractivity contribution in [2.45, 2.75) is 36.0 Å². The van der Waals surface area contributed by atoms with Crippen LogP contribution in [0.3, 0.4) is 0 Å². The fraction of sp³-hybridized carbons (Fsp3) is 0.643. The van der Waals surface area contributed by atoms with Crippen LogP contribution >= 0.6 is 11.8 Å². The largest absolute Gasteiger partial charge is 0.476 e.